The molecule has 0 spiro atoms. The van der Waals surface area contributed by atoms with Gasteiger partial charge in [0.1, 0.15) is 5.75 Å². The summed E-state index contributed by atoms with van der Waals surface area (Å²) in [5.41, 5.74) is 0.601. The second-order valence-electron chi connectivity index (χ2n) is 4.37. The summed E-state index contributed by atoms with van der Waals surface area (Å²) in [6.07, 6.45) is 0. The zero-order valence-corrected chi connectivity index (χ0v) is 11.0. The van der Waals surface area contributed by atoms with Crippen LogP contribution < -0.4 is 4.74 Å². The maximum atomic E-state index is 12.4. The Morgan fingerprint density at radius 3 is 2.84 bits per heavy atom. The second-order valence-corrected chi connectivity index (χ2v) is 4.37. The van der Waals surface area contributed by atoms with Crippen molar-refractivity contribution in [2.24, 2.45) is 0 Å². The molecule has 1 amide bonds. The third kappa shape index (κ3) is 3.24. The van der Waals surface area contributed by atoms with Crippen LogP contribution >= 0.6 is 0 Å². The lowest BCUT2D eigenvalue weighted by molar-refractivity contribution is -0.0183. The maximum Gasteiger partial charge on any atom is 0.254 e. The van der Waals surface area contributed by atoms with Gasteiger partial charge in [0.05, 0.1) is 32.5 Å². The van der Waals surface area contributed by atoms with Crippen LogP contribution in [0.25, 0.3) is 0 Å². The molecule has 0 bridgehead atoms. The normalized spacial score (nSPS) is 19.3. The average Bonchev–Trinajstić information content (AvgIpc) is 2.47. The summed E-state index contributed by atoms with van der Waals surface area (Å²) >= 11 is 0. The summed E-state index contributed by atoms with van der Waals surface area (Å²) < 4.78 is 10.6. The first kappa shape index (κ1) is 13.8. The van der Waals surface area contributed by atoms with E-state index in [1.165, 1.54) is 0 Å². The highest BCUT2D eigenvalue weighted by atomic mass is 16.5. The predicted octanol–water partition coefficient (Wildman–Crippen LogP) is 0.919. The predicted molar refractivity (Wildman–Crippen MR) is 70.3 cm³/mol. The highest BCUT2D eigenvalue weighted by Gasteiger charge is 2.27. The van der Waals surface area contributed by atoms with E-state index < -0.39 is 0 Å². The fourth-order valence-corrected chi connectivity index (χ4v) is 2.10. The summed E-state index contributed by atoms with van der Waals surface area (Å²) in [4.78, 5) is 14.0. The van der Waals surface area contributed by atoms with E-state index in [9.17, 15) is 9.90 Å². The van der Waals surface area contributed by atoms with Crippen LogP contribution in [-0.4, -0.2) is 54.9 Å². The number of amides is 1. The van der Waals surface area contributed by atoms with E-state index in [4.69, 9.17) is 9.47 Å². The van der Waals surface area contributed by atoms with Crippen LogP contribution in [0.15, 0.2) is 24.3 Å². The van der Waals surface area contributed by atoms with E-state index in [1.54, 1.807) is 29.2 Å². The SMILES string of the molecule is CCOc1ccc(C(=O)N2CCOCC2CO)cc1. The van der Waals surface area contributed by atoms with Gasteiger partial charge in [-0.15, -0.1) is 0 Å². The van der Waals surface area contributed by atoms with Crippen LogP contribution in [0.1, 0.15) is 17.3 Å². The number of aliphatic hydroxyl groups is 1. The molecule has 1 N–H and O–H groups in total. The second kappa shape index (κ2) is 6.54. The standard InChI is InChI=1S/C14H19NO4/c1-2-19-13-5-3-11(4-6-13)14(17)15-7-8-18-10-12(15)9-16/h3-6,12,16H,2,7-10H2,1H3. The summed E-state index contributed by atoms with van der Waals surface area (Å²) in [6, 6.07) is 6.80. The quantitative estimate of drug-likeness (QED) is 0.879. The molecule has 0 aliphatic carbocycles. The Hall–Kier alpha value is -1.59. The molecular formula is C14H19NO4. The van der Waals surface area contributed by atoms with Gasteiger partial charge in [0, 0.05) is 12.1 Å². The molecule has 5 heteroatoms. The van der Waals surface area contributed by atoms with Crippen molar-refractivity contribution in [1.82, 2.24) is 4.90 Å². The number of hydrogen-bond donors (Lipinski definition) is 1. The number of nitrogens with zero attached hydrogens (tertiary/aromatic N) is 1. The minimum absolute atomic E-state index is 0.0783. The number of ether oxygens (including phenoxy) is 2. The van der Waals surface area contributed by atoms with Gasteiger partial charge < -0.3 is 19.5 Å². The lowest BCUT2D eigenvalue weighted by atomic mass is 10.1. The summed E-state index contributed by atoms with van der Waals surface area (Å²) in [7, 11) is 0. The molecule has 2 rings (SSSR count). The Labute approximate surface area is 112 Å². The molecule has 5 nitrogen and oxygen atoms in total. The van der Waals surface area contributed by atoms with Crippen molar-refractivity contribution in [1.29, 1.82) is 0 Å². The number of rotatable bonds is 4. The molecule has 1 unspecified atom stereocenters. The number of carbonyl (C=O) groups is 1. The van der Waals surface area contributed by atoms with E-state index in [0.717, 1.165) is 5.75 Å². The maximum absolute atomic E-state index is 12.4. The van der Waals surface area contributed by atoms with Gasteiger partial charge in [-0.2, -0.15) is 0 Å². The van der Waals surface area contributed by atoms with Crippen molar-refractivity contribution in [3.05, 3.63) is 29.8 Å². The van der Waals surface area contributed by atoms with Gasteiger partial charge in [0.25, 0.3) is 5.91 Å². The van der Waals surface area contributed by atoms with Gasteiger partial charge in [-0.05, 0) is 31.2 Å². The first-order valence-electron chi connectivity index (χ1n) is 6.48. The lowest BCUT2D eigenvalue weighted by Crippen LogP contribution is -2.50. The summed E-state index contributed by atoms with van der Waals surface area (Å²) in [5.74, 6) is 0.671. The molecule has 1 heterocycles. The van der Waals surface area contributed by atoms with Crippen LogP contribution in [-0.2, 0) is 4.74 Å². The molecule has 1 aromatic rings. The summed E-state index contributed by atoms with van der Waals surface area (Å²) in [6.45, 7) is 3.85. The third-order valence-corrected chi connectivity index (χ3v) is 3.11. The largest absolute Gasteiger partial charge is 0.494 e. The van der Waals surface area contributed by atoms with Crippen LogP contribution in [0.4, 0.5) is 0 Å². The molecule has 1 aromatic carbocycles. The number of benzene rings is 1. The molecule has 1 aliphatic rings. The smallest absolute Gasteiger partial charge is 0.254 e. The fourth-order valence-electron chi connectivity index (χ4n) is 2.10. The van der Waals surface area contributed by atoms with E-state index in [0.29, 0.717) is 31.9 Å². The highest BCUT2D eigenvalue weighted by molar-refractivity contribution is 5.94. The van der Waals surface area contributed by atoms with Gasteiger partial charge in [-0.1, -0.05) is 0 Å². The van der Waals surface area contributed by atoms with Gasteiger partial charge in [-0.3, -0.25) is 4.79 Å². The van der Waals surface area contributed by atoms with Crippen molar-refractivity contribution in [3.63, 3.8) is 0 Å². The molecule has 1 atom stereocenters. The number of aliphatic hydroxyl groups excluding tert-OH is 1. The van der Waals surface area contributed by atoms with Crippen LogP contribution in [0, 0.1) is 0 Å². The summed E-state index contributed by atoms with van der Waals surface area (Å²) in [5, 5.41) is 9.28. The highest BCUT2D eigenvalue weighted by Crippen LogP contribution is 2.16. The molecule has 0 radical (unpaired) electrons. The molecule has 1 aliphatic heterocycles. The Bertz CT molecular complexity index is 418. The number of carbonyl (C=O) groups excluding carboxylic acids is 1. The Balaban J connectivity index is 2.09. The van der Waals surface area contributed by atoms with Crippen LogP contribution in [0.3, 0.4) is 0 Å². The third-order valence-electron chi connectivity index (χ3n) is 3.11. The lowest BCUT2D eigenvalue weighted by Gasteiger charge is -2.34. The van der Waals surface area contributed by atoms with Gasteiger partial charge >= 0.3 is 0 Å². The van der Waals surface area contributed by atoms with Gasteiger partial charge in [0.2, 0.25) is 0 Å². The van der Waals surface area contributed by atoms with Gasteiger partial charge in [-0.25, -0.2) is 0 Å². The number of hydrogen-bond acceptors (Lipinski definition) is 4. The van der Waals surface area contributed by atoms with Crippen LogP contribution in [0.5, 0.6) is 5.75 Å². The topological polar surface area (TPSA) is 59.0 Å². The molecular weight excluding hydrogens is 246 g/mol. The Morgan fingerprint density at radius 2 is 2.21 bits per heavy atom. The van der Waals surface area contributed by atoms with Crippen LogP contribution in [0.2, 0.25) is 0 Å². The van der Waals surface area contributed by atoms with E-state index in [1.807, 2.05) is 6.92 Å². The van der Waals surface area contributed by atoms with E-state index in [-0.39, 0.29) is 18.6 Å². The minimum Gasteiger partial charge on any atom is -0.494 e. The molecule has 1 fully saturated rings. The molecule has 104 valence electrons. The monoisotopic (exact) mass is 265 g/mol. The van der Waals surface area contributed by atoms with Crippen molar-refractivity contribution in [3.8, 4) is 5.75 Å². The van der Waals surface area contributed by atoms with Crippen molar-refractivity contribution < 1.29 is 19.4 Å². The fraction of sp³-hybridized carbons (Fsp3) is 0.500. The Kier molecular flexibility index (Phi) is 4.76. The molecule has 1 saturated heterocycles. The first-order chi connectivity index (χ1) is 9.26. The Morgan fingerprint density at radius 1 is 1.47 bits per heavy atom. The van der Waals surface area contributed by atoms with Gasteiger partial charge in [0.15, 0.2) is 0 Å². The zero-order chi connectivity index (χ0) is 13.7. The molecule has 0 saturated carbocycles. The number of morpholine rings is 1. The van der Waals surface area contributed by atoms with Crippen molar-refractivity contribution in [2.75, 3.05) is 33.0 Å². The molecule has 0 aromatic heterocycles. The minimum atomic E-state index is -0.257. The van der Waals surface area contributed by atoms with Crippen molar-refractivity contribution in [2.45, 2.75) is 13.0 Å². The zero-order valence-electron chi connectivity index (χ0n) is 11.0. The van der Waals surface area contributed by atoms with Crippen molar-refractivity contribution >= 4 is 5.91 Å². The molecule has 19 heavy (non-hydrogen) atoms. The van der Waals surface area contributed by atoms with E-state index >= 15 is 0 Å². The average molecular weight is 265 g/mol. The van der Waals surface area contributed by atoms with E-state index in [2.05, 4.69) is 0 Å². The first-order valence-corrected chi connectivity index (χ1v) is 6.48.